The summed E-state index contributed by atoms with van der Waals surface area (Å²) in [5.41, 5.74) is 1.55. The molecule has 19 heavy (non-hydrogen) atoms. The number of amides is 3. The van der Waals surface area contributed by atoms with Gasteiger partial charge in [-0.15, -0.1) is 0 Å². The number of nitrogens with one attached hydrogen (secondary N) is 2. The average molecular weight is 255 g/mol. The zero-order valence-corrected chi connectivity index (χ0v) is 10.4. The van der Waals surface area contributed by atoms with Gasteiger partial charge in [-0.3, -0.25) is 10.1 Å². The van der Waals surface area contributed by atoms with Crippen LogP contribution in [-0.2, 0) is 11.2 Å². The predicted octanol–water partition coefficient (Wildman–Crippen LogP) is 2.10. The van der Waals surface area contributed by atoms with Gasteiger partial charge in [0.15, 0.2) is 0 Å². The van der Waals surface area contributed by atoms with Crippen molar-refractivity contribution in [2.24, 2.45) is 0 Å². The molecule has 0 fully saturated rings. The molecule has 0 atom stereocenters. The number of carbonyl (C=O) groups is 2. The van der Waals surface area contributed by atoms with Gasteiger partial charge in [0.1, 0.15) is 0 Å². The van der Waals surface area contributed by atoms with Gasteiger partial charge in [0.05, 0.1) is 6.42 Å². The number of urea groups is 1. The van der Waals surface area contributed by atoms with Crippen molar-refractivity contribution in [3.63, 3.8) is 0 Å². The van der Waals surface area contributed by atoms with Crippen molar-refractivity contribution in [1.82, 2.24) is 10.6 Å². The van der Waals surface area contributed by atoms with Crippen LogP contribution in [0.1, 0.15) is 12.0 Å². The van der Waals surface area contributed by atoms with Gasteiger partial charge in [0.2, 0.25) is 5.91 Å². The molecule has 2 N–H and O–H groups in total. The first-order valence-corrected chi connectivity index (χ1v) is 6.09. The van der Waals surface area contributed by atoms with Crippen molar-refractivity contribution in [1.29, 1.82) is 0 Å². The first kappa shape index (κ1) is 13.1. The highest BCUT2D eigenvalue weighted by Gasteiger charge is 2.09. The molecule has 0 spiro atoms. The van der Waals surface area contributed by atoms with E-state index in [4.69, 9.17) is 0 Å². The molecule has 1 aromatic carbocycles. The van der Waals surface area contributed by atoms with E-state index >= 15 is 0 Å². The molecule has 2 rings (SSSR count). The van der Waals surface area contributed by atoms with Crippen LogP contribution >= 0.6 is 0 Å². The van der Waals surface area contributed by atoms with Crippen molar-refractivity contribution >= 4 is 11.9 Å². The van der Waals surface area contributed by atoms with E-state index in [1.807, 2.05) is 42.8 Å². The highest BCUT2D eigenvalue weighted by atomic mass is 16.2. The van der Waals surface area contributed by atoms with Crippen LogP contribution in [0.5, 0.6) is 0 Å². The Balaban J connectivity index is 1.80. The summed E-state index contributed by atoms with van der Waals surface area (Å²) in [6.07, 6.45) is 8.53. The van der Waals surface area contributed by atoms with Gasteiger partial charge in [-0.25, -0.2) is 4.79 Å². The van der Waals surface area contributed by atoms with Gasteiger partial charge >= 0.3 is 6.03 Å². The van der Waals surface area contributed by atoms with E-state index in [0.717, 1.165) is 12.0 Å². The fourth-order valence-corrected chi connectivity index (χ4v) is 1.72. The molecule has 1 aromatic rings. The molecule has 1 aliphatic rings. The van der Waals surface area contributed by atoms with Crippen LogP contribution in [0.25, 0.3) is 0 Å². The Kier molecular flexibility index (Phi) is 4.50. The van der Waals surface area contributed by atoms with E-state index < -0.39 is 6.03 Å². The molecular weight excluding hydrogens is 240 g/mol. The lowest BCUT2D eigenvalue weighted by atomic mass is 10.1. The molecule has 0 bridgehead atoms. The highest BCUT2D eigenvalue weighted by molar-refractivity contribution is 5.96. The molecule has 1 aliphatic carbocycles. The minimum atomic E-state index is -0.507. The standard InChI is InChI=1S/C15H15N2O2/c18-14(11-12-7-3-1-4-8-12)17-15(19)16-13-9-5-2-6-10-13/h1,3-10H,2,11H2,(H2,16,17,18,19). The fourth-order valence-electron chi connectivity index (χ4n) is 1.72. The molecule has 4 heteroatoms. The smallest absolute Gasteiger partial charge is 0.308 e. The molecule has 4 nitrogen and oxygen atoms in total. The van der Waals surface area contributed by atoms with Gasteiger partial charge in [0.25, 0.3) is 0 Å². The minimum absolute atomic E-state index is 0.190. The summed E-state index contributed by atoms with van der Waals surface area (Å²) in [6, 6.07) is 8.78. The van der Waals surface area contributed by atoms with Crippen LogP contribution in [0.3, 0.4) is 0 Å². The molecule has 0 aromatic heterocycles. The Bertz CT molecular complexity index is 518. The van der Waals surface area contributed by atoms with Crippen molar-refractivity contribution < 1.29 is 9.59 Å². The summed E-state index contributed by atoms with van der Waals surface area (Å²) < 4.78 is 0. The molecule has 0 unspecified atom stereocenters. The second kappa shape index (κ2) is 6.54. The lowest BCUT2D eigenvalue weighted by molar-refractivity contribution is -0.119. The average Bonchev–Trinajstić information content (AvgIpc) is 2.40. The van der Waals surface area contributed by atoms with Gasteiger partial charge in [-0.05, 0) is 24.5 Å². The van der Waals surface area contributed by atoms with Crippen LogP contribution in [0.2, 0.25) is 0 Å². The number of imide groups is 1. The highest BCUT2D eigenvalue weighted by Crippen LogP contribution is 2.05. The molecular formula is C15H15N2O2. The van der Waals surface area contributed by atoms with Gasteiger partial charge in [-0.2, -0.15) is 0 Å². The zero-order chi connectivity index (χ0) is 13.5. The second-order valence-corrected chi connectivity index (χ2v) is 4.16. The predicted molar refractivity (Wildman–Crippen MR) is 73.0 cm³/mol. The third-order valence-corrected chi connectivity index (χ3v) is 2.59. The summed E-state index contributed by atoms with van der Waals surface area (Å²) in [5.74, 6) is -0.326. The first-order chi connectivity index (χ1) is 9.24. The van der Waals surface area contributed by atoms with Crippen LogP contribution < -0.4 is 10.6 Å². The van der Waals surface area contributed by atoms with Crippen molar-refractivity contribution in [3.8, 4) is 0 Å². The maximum atomic E-state index is 11.6. The van der Waals surface area contributed by atoms with Crippen LogP contribution in [0.4, 0.5) is 4.79 Å². The summed E-state index contributed by atoms with van der Waals surface area (Å²) in [7, 11) is 0. The molecule has 0 aliphatic heterocycles. The van der Waals surface area contributed by atoms with Crippen LogP contribution in [-0.4, -0.2) is 11.9 Å². The summed E-state index contributed by atoms with van der Waals surface area (Å²) in [6.45, 7) is 0. The lowest BCUT2D eigenvalue weighted by Crippen LogP contribution is -2.39. The number of allylic oxidation sites excluding steroid dienone is 3. The Morgan fingerprint density at radius 2 is 1.95 bits per heavy atom. The Hall–Kier alpha value is -2.36. The molecule has 0 saturated heterocycles. The van der Waals surface area contributed by atoms with E-state index in [1.165, 1.54) is 0 Å². The number of rotatable bonds is 3. The molecule has 3 amide bonds. The van der Waals surface area contributed by atoms with Gasteiger partial charge in [-0.1, -0.05) is 42.5 Å². The topological polar surface area (TPSA) is 58.2 Å². The van der Waals surface area contributed by atoms with Crippen LogP contribution in [0, 0.1) is 6.42 Å². The zero-order valence-electron chi connectivity index (χ0n) is 10.4. The van der Waals surface area contributed by atoms with Crippen LogP contribution in [0.15, 0.2) is 54.3 Å². The van der Waals surface area contributed by atoms with Gasteiger partial charge in [0, 0.05) is 5.70 Å². The monoisotopic (exact) mass is 255 g/mol. The number of hydrogen-bond donors (Lipinski definition) is 2. The van der Waals surface area contributed by atoms with E-state index in [-0.39, 0.29) is 12.3 Å². The largest absolute Gasteiger partial charge is 0.325 e. The lowest BCUT2D eigenvalue weighted by Gasteiger charge is -2.09. The van der Waals surface area contributed by atoms with Gasteiger partial charge < -0.3 is 5.32 Å². The normalized spacial score (nSPS) is 13.6. The fraction of sp³-hybridized carbons (Fsp3) is 0.133. The Morgan fingerprint density at radius 3 is 2.63 bits per heavy atom. The quantitative estimate of drug-likeness (QED) is 0.869. The van der Waals surface area contributed by atoms with E-state index in [9.17, 15) is 9.59 Å². The first-order valence-electron chi connectivity index (χ1n) is 6.09. The van der Waals surface area contributed by atoms with Crippen molar-refractivity contribution in [3.05, 3.63) is 66.2 Å². The molecule has 97 valence electrons. The minimum Gasteiger partial charge on any atom is -0.308 e. The SMILES string of the molecule is O=C(Cc1ccccc1)NC(=O)NC1=C[CH]CC=C1. The third kappa shape index (κ3) is 4.43. The van der Waals surface area contributed by atoms with Crippen molar-refractivity contribution in [2.75, 3.05) is 0 Å². The molecule has 0 heterocycles. The maximum Gasteiger partial charge on any atom is 0.325 e. The summed E-state index contributed by atoms with van der Waals surface area (Å²) >= 11 is 0. The van der Waals surface area contributed by atoms with E-state index in [2.05, 4.69) is 10.6 Å². The number of benzene rings is 1. The Labute approximate surface area is 112 Å². The molecule has 1 radical (unpaired) electrons. The maximum absolute atomic E-state index is 11.6. The number of carbonyl (C=O) groups excluding carboxylic acids is 2. The van der Waals surface area contributed by atoms with E-state index in [0.29, 0.717) is 5.70 Å². The summed E-state index contributed by atoms with van der Waals surface area (Å²) in [4.78, 5) is 23.2. The summed E-state index contributed by atoms with van der Waals surface area (Å²) in [5, 5.41) is 4.91. The Morgan fingerprint density at radius 1 is 1.16 bits per heavy atom. The van der Waals surface area contributed by atoms with E-state index in [1.54, 1.807) is 12.2 Å². The number of hydrogen-bond acceptors (Lipinski definition) is 2. The third-order valence-electron chi connectivity index (χ3n) is 2.59. The van der Waals surface area contributed by atoms with Crippen molar-refractivity contribution in [2.45, 2.75) is 12.8 Å². The second-order valence-electron chi connectivity index (χ2n) is 4.16. The molecule has 0 saturated carbocycles.